The molecule has 0 unspecified atom stereocenters. The van der Waals surface area contributed by atoms with Crippen molar-refractivity contribution in [1.29, 1.82) is 0 Å². The monoisotopic (exact) mass is 365 g/mol. The van der Waals surface area contributed by atoms with Crippen LogP contribution in [-0.4, -0.2) is 49.3 Å². The zero-order chi connectivity index (χ0) is 18.9. The van der Waals surface area contributed by atoms with Gasteiger partial charge in [-0.15, -0.1) is 5.10 Å². The van der Waals surface area contributed by atoms with Gasteiger partial charge in [-0.1, -0.05) is 11.8 Å². The molecule has 0 fully saturated rings. The van der Waals surface area contributed by atoms with Gasteiger partial charge in [-0.3, -0.25) is 4.79 Å². The normalized spacial score (nSPS) is 12.9. The van der Waals surface area contributed by atoms with Crippen LogP contribution >= 0.6 is 11.8 Å². The fourth-order valence-electron chi connectivity index (χ4n) is 2.49. The number of H-pyrrole nitrogens is 1. The van der Waals surface area contributed by atoms with Gasteiger partial charge in [-0.05, 0) is 57.5 Å². The largest absolute Gasteiger partial charge is 0.465 e. The number of rotatable bonds is 5. The van der Waals surface area contributed by atoms with Crippen molar-refractivity contribution < 1.29 is 14.3 Å². The topological polar surface area (TPSA) is 103 Å². The van der Waals surface area contributed by atoms with Gasteiger partial charge in [0.05, 0.1) is 29.2 Å². The average Bonchev–Trinajstić information content (AvgIpc) is 3.10. The van der Waals surface area contributed by atoms with E-state index >= 15 is 0 Å². The number of nitrogens with zero attached hydrogens (tertiary/aromatic N) is 4. The molecule has 0 radical (unpaired) electrons. The lowest BCUT2D eigenvalue weighted by atomic mass is 10.1. The molecule has 2 aromatic rings. The predicted octanol–water partition coefficient (Wildman–Crippen LogP) is 2.52. The zero-order valence-corrected chi connectivity index (χ0v) is 16.3. The van der Waals surface area contributed by atoms with Crippen molar-refractivity contribution in [3.63, 3.8) is 0 Å². The molecule has 2 rings (SSSR count). The lowest BCUT2D eigenvalue weighted by molar-refractivity contribution is 0.0599. The SMILES string of the molecule is COC(=O)c1c(C)[nH]c(C(=O)[C@@H](C)Sc2nnnn2C(C)(C)C)c1C. The third kappa shape index (κ3) is 3.76. The highest BCUT2D eigenvalue weighted by molar-refractivity contribution is 8.00. The molecule has 0 spiro atoms. The average molecular weight is 365 g/mol. The number of aryl methyl sites for hydroxylation is 1. The standard InChI is InChI=1S/C16H23N5O3S/c1-8-11(14(23)24-7)9(2)17-12(8)13(22)10(3)25-15-18-19-20-21(15)16(4,5)6/h10,17H,1-7H3/t10-/m1/s1. The number of tetrazole rings is 1. The molecule has 2 heterocycles. The minimum Gasteiger partial charge on any atom is -0.465 e. The summed E-state index contributed by atoms with van der Waals surface area (Å²) in [5.41, 5.74) is 1.74. The van der Waals surface area contributed by atoms with Crippen LogP contribution in [0.2, 0.25) is 0 Å². The minimum atomic E-state index is -0.456. The Morgan fingerprint density at radius 1 is 1.28 bits per heavy atom. The number of Topliss-reactive ketones (excluding diaryl/α,β-unsaturated/α-hetero) is 1. The summed E-state index contributed by atoms with van der Waals surface area (Å²) in [6.07, 6.45) is 0. The smallest absolute Gasteiger partial charge is 0.339 e. The number of hydrogen-bond acceptors (Lipinski definition) is 7. The molecule has 1 N–H and O–H groups in total. The zero-order valence-electron chi connectivity index (χ0n) is 15.5. The Kier molecular flexibility index (Phi) is 5.36. The molecular formula is C16H23N5O3S. The van der Waals surface area contributed by atoms with Crippen molar-refractivity contribution in [1.82, 2.24) is 25.2 Å². The molecule has 25 heavy (non-hydrogen) atoms. The number of carbonyl (C=O) groups is 2. The van der Waals surface area contributed by atoms with E-state index in [0.29, 0.717) is 27.7 Å². The van der Waals surface area contributed by atoms with E-state index in [0.717, 1.165) is 0 Å². The van der Waals surface area contributed by atoms with Crippen LogP contribution in [0.25, 0.3) is 0 Å². The molecule has 2 aromatic heterocycles. The first-order chi connectivity index (χ1) is 11.6. The predicted molar refractivity (Wildman–Crippen MR) is 94.1 cm³/mol. The second-order valence-corrected chi connectivity index (χ2v) is 8.09. The molecule has 136 valence electrons. The second-order valence-electron chi connectivity index (χ2n) is 6.78. The fraction of sp³-hybridized carbons (Fsp3) is 0.562. The molecule has 0 aromatic carbocycles. The van der Waals surface area contributed by atoms with E-state index in [1.807, 2.05) is 20.8 Å². The molecule has 0 amide bonds. The molecule has 0 saturated heterocycles. The van der Waals surface area contributed by atoms with E-state index in [2.05, 4.69) is 20.5 Å². The minimum absolute atomic E-state index is 0.121. The number of ketones is 1. The maximum atomic E-state index is 12.8. The van der Waals surface area contributed by atoms with Crippen LogP contribution < -0.4 is 0 Å². The van der Waals surface area contributed by atoms with E-state index < -0.39 is 11.2 Å². The molecule has 9 heteroatoms. The molecule has 0 aliphatic carbocycles. The molecule has 1 atom stereocenters. The van der Waals surface area contributed by atoms with E-state index in [1.54, 1.807) is 25.5 Å². The third-order valence-corrected chi connectivity index (χ3v) is 4.83. The van der Waals surface area contributed by atoms with Crippen molar-refractivity contribution in [2.75, 3.05) is 7.11 Å². The van der Waals surface area contributed by atoms with Crippen LogP contribution in [0, 0.1) is 13.8 Å². The van der Waals surface area contributed by atoms with Crippen LogP contribution in [0.1, 0.15) is 59.8 Å². The van der Waals surface area contributed by atoms with Crippen molar-refractivity contribution in [3.8, 4) is 0 Å². The van der Waals surface area contributed by atoms with E-state index in [1.165, 1.54) is 18.9 Å². The number of esters is 1. The maximum absolute atomic E-state index is 12.8. The van der Waals surface area contributed by atoms with Crippen molar-refractivity contribution in [2.24, 2.45) is 0 Å². The number of thioether (sulfide) groups is 1. The number of nitrogens with one attached hydrogen (secondary N) is 1. The Morgan fingerprint density at radius 2 is 1.92 bits per heavy atom. The first kappa shape index (κ1) is 19.2. The van der Waals surface area contributed by atoms with Crippen LogP contribution in [-0.2, 0) is 10.3 Å². The number of aromatic amines is 1. The van der Waals surface area contributed by atoms with Gasteiger partial charge in [0.25, 0.3) is 0 Å². The van der Waals surface area contributed by atoms with E-state index in [4.69, 9.17) is 4.74 Å². The van der Waals surface area contributed by atoms with Gasteiger partial charge in [0.2, 0.25) is 5.16 Å². The molecule has 0 bridgehead atoms. The summed E-state index contributed by atoms with van der Waals surface area (Å²) < 4.78 is 6.47. The molecular weight excluding hydrogens is 342 g/mol. The van der Waals surface area contributed by atoms with Crippen LogP contribution in [0.3, 0.4) is 0 Å². The van der Waals surface area contributed by atoms with Gasteiger partial charge in [0.15, 0.2) is 5.78 Å². The number of aromatic nitrogens is 5. The van der Waals surface area contributed by atoms with Gasteiger partial charge < -0.3 is 9.72 Å². The van der Waals surface area contributed by atoms with Crippen molar-refractivity contribution in [3.05, 3.63) is 22.5 Å². The Balaban J connectivity index is 2.27. The summed E-state index contributed by atoms with van der Waals surface area (Å²) >= 11 is 1.29. The first-order valence-electron chi connectivity index (χ1n) is 7.85. The summed E-state index contributed by atoms with van der Waals surface area (Å²) in [5.74, 6) is -0.577. The van der Waals surface area contributed by atoms with Crippen LogP contribution in [0.4, 0.5) is 0 Å². The highest BCUT2D eigenvalue weighted by atomic mass is 32.2. The summed E-state index contributed by atoms with van der Waals surface area (Å²) in [4.78, 5) is 27.7. The Labute approximate surface area is 150 Å². The number of methoxy groups -OCH3 is 1. The van der Waals surface area contributed by atoms with Crippen molar-refractivity contribution in [2.45, 2.75) is 57.5 Å². The Hall–Kier alpha value is -2.16. The number of hydrogen-bond donors (Lipinski definition) is 1. The van der Waals surface area contributed by atoms with Crippen LogP contribution in [0.5, 0.6) is 0 Å². The quantitative estimate of drug-likeness (QED) is 0.493. The number of ether oxygens (including phenoxy) is 1. The Bertz CT molecular complexity index is 803. The van der Waals surface area contributed by atoms with E-state index in [-0.39, 0.29) is 11.3 Å². The summed E-state index contributed by atoms with van der Waals surface area (Å²) in [5, 5.41) is 11.9. The summed E-state index contributed by atoms with van der Waals surface area (Å²) in [6, 6.07) is 0. The molecule has 0 aliphatic heterocycles. The number of carbonyl (C=O) groups excluding carboxylic acids is 2. The van der Waals surface area contributed by atoms with Crippen LogP contribution in [0.15, 0.2) is 5.16 Å². The van der Waals surface area contributed by atoms with Gasteiger partial charge in [-0.25, -0.2) is 9.48 Å². The van der Waals surface area contributed by atoms with Gasteiger partial charge in [0, 0.05) is 5.69 Å². The highest BCUT2D eigenvalue weighted by Gasteiger charge is 2.28. The lowest BCUT2D eigenvalue weighted by Gasteiger charge is -2.20. The third-order valence-electron chi connectivity index (χ3n) is 3.80. The summed E-state index contributed by atoms with van der Waals surface area (Å²) in [6.45, 7) is 11.2. The second kappa shape index (κ2) is 6.99. The van der Waals surface area contributed by atoms with Gasteiger partial charge in [0.1, 0.15) is 0 Å². The van der Waals surface area contributed by atoms with Gasteiger partial charge in [-0.2, -0.15) is 0 Å². The molecule has 8 nitrogen and oxygen atoms in total. The molecule has 0 saturated carbocycles. The van der Waals surface area contributed by atoms with E-state index in [9.17, 15) is 9.59 Å². The highest BCUT2D eigenvalue weighted by Crippen LogP contribution is 2.28. The first-order valence-corrected chi connectivity index (χ1v) is 8.73. The van der Waals surface area contributed by atoms with Crippen molar-refractivity contribution >= 4 is 23.5 Å². The Morgan fingerprint density at radius 3 is 2.48 bits per heavy atom. The maximum Gasteiger partial charge on any atom is 0.339 e. The lowest BCUT2D eigenvalue weighted by Crippen LogP contribution is -2.25. The molecule has 0 aliphatic rings. The summed E-state index contributed by atoms with van der Waals surface area (Å²) in [7, 11) is 1.32. The van der Waals surface area contributed by atoms with Gasteiger partial charge >= 0.3 is 5.97 Å². The fourth-order valence-corrected chi connectivity index (χ4v) is 3.53.